The summed E-state index contributed by atoms with van der Waals surface area (Å²) >= 11 is 0. The first-order chi connectivity index (χ1) is 13.2. The Morgan fingerprint density at radius 2 is 1.96 bits per heavy atom. The number of amides is 1. The molecule has 2 aromatic rings. The minimum absolute atomic E-state index is 0.0439. The normalized spacial score (nSPS) is 15.2. The quantitative estimate of drug-likeness (QED) is 0.817. The van der Waals surface area contributed by atoms with Crippen molar-refractivity contribution in [3.05, 3.63) is 53.8 Å². The lowest BCUT2D eigenvalue weighted by Crippen LogP contribution is -2.38. The summed E-state index contributed by atoms with van der Waals surface area (Å²) in [7, 11) is -3.87. The molecule has 1 N–H and O–H groups in total. The van der Waals surface area contributed by atoms with Gasteiger partial charge in [0.05, 0.1) is 5.69 Å². The Labute approximate surface area is 164 Å². The van der Waals surface area contributed by atoms with Gasteiger partial charge in [0, 0.05) is 24.2 Å². The maximum Gasteiger partial charge on any atom is 0.286 e. The molecule has 28 heavy (non-hydrogen) atoms. The predicted octanol–water partition coefficient (Wildman–Crippen LogP) is 4.05. The van der Waals surface area contributed by atoms with Gasteiger partial charge in [-0.1, -0.05) is 26.8 Å². The van der Waals surface area contributed by atoms with Gasteiger partial charge in [-0.15, -0.1) is 4.40 Å². The average Bonchev–Trinajstić information content (AvgIpc) is 2.63. The van der Waals surface area contributed by atoms with E-state index >= 15 is 0 Å². The Kier molecular flexibility index (Phi) is 5.51. The molecule has 0 unspecified atom stereocenters. The van der Waals surface area contributed by atoms with E-state index in [0.29, 0.717) is 36.1 Å². The van der Waals surface area contributed by atoms with Crippen LogP contribution < -0.4 is 10.2 Å². The van der Waals surface area contributed by atoms with Gasteiger partial charge in [0.2, 0.25) is 0 Å². The topological polar surface area (TPSA) is 78.8 Å². The predicted molar refractivity (Wildman–Crippen MR) is 108 cm³/mol. The summed E-state index contributed by atoms with van der Waals surface area (Å²) < 4.78 is 42.6. The molecule has 0 aromatic heterocycles. The van der Waals surface area contributed by atoms with Crippen LogP contribution in [0.4, 0.5) is 15.8 Å². The summed E-state index contributed by atoms with van der Waals surface area (Å²) in [5.41, 5.74) is 0.994. The van der Waals surface area contributed by atoms with Crippen LogP contribution in [0.5, 0.6) is 0 Å². The van der Waals surface area contributed by atoms with Crippen LogP contribution in [0, 0.1) is 11.7 Å². The van der Waals surface area contributed by atoms with Crippen molar-refractivity contribution in [3.63, 3.8) is 0 Å². The Balaban J connectivity index is 1.97. The largest absolute Gasteiger partial charge is 0.328 e. The number of anilines is 2. The first-order valence-electron chi connectivity index (χ1n) is 9.03. The minimum Gasteiger partial charge on any atom is -0.328 e. The highest BCUT2D eigenvalue weighted by molar-refractivity contribution is 7.90. The second-order valence-corrected chi connectivity index (χ2v) is 8.56. The lowest BCUT2D eigenvalue weighted by Gasteiger charge is -2.32. The number of rotatable bonds is 5. The molecule has 148 valence electrons. The van der Waals surface area contributed by atoms with E-state index in [1.165, 1.54) is 24.3 Å². The molecule has 8 heteroatoms. The van der Waals surface area contributed by atoms with E-state index < -0.39 is 21.7 Å². The second kappa shape index (κ2) is 7.71. The van der Waals surface area contributed by atoms with Crippen molar-refractivity contribution in [3.8, 4) is 0 Å². The van der Waals surface area contributed by atoms with E-state index in [1.807, 2.05) is 25.7 Å². The fourth-order valence-electron chi connectivity index (χ4n) is 3.05. The van der Waals surface area contributed by atoms with Crippen LogP contribution in [-0.4, -0.2) is 26.7 Å². The summed E-state index contributed by atoms with van der Waals surface area (Å²) in [5, 5.41) is 2.62. The molecule has 0 atom stereocenters. The molecule has 1 aliphatic rings. The molecule has 0 saturated carbocycles. The van der Waals surface area contributed by atoms with Crippen LogP contribution in [0.25, 0.3) is 0 Å². The third-order valence-corrected chi connectivity index (χ3v) is 5.61. The van der Waals surface area contributed by atoms with Gasteiger partial charge in [-0.2, -0.15) is 8.42 Å². The van der Waals surface area contributed by atoms with Crippen LogP contribution >= 0.6 is 0 Å². The monoisotopic (exact) mass is 403 g/mol. The Morgan fingerprint density at radius 3 is 2.61 bits per heavy atom. The molecule has 2 aromatic carbocycles. The fraction of sp³-hybridized carbons (Fsp3) is 0.300. The van der Waals surface area contributed by atoms with Crippen molar-refractivity contribution in [2.75, 3.05) is 16.8 Å². The molecular weight excluding hydrogens is 381 g/mol. The number of carbonyl (C=O) groups is 1. The summed E-state index contributed by atoms with van der Waals surface area (Å²) in [5.74, 6) is -0.244. The van der Waals surface area contributed by atoms with Crippen LogP contribution in [0.15, 0.2) is 51.8 Å². The fourth-order valence-corrected chi connectivity index (χ4v) is 4.38. The first-order valence-corrected chi connectivity index (χ1v) is 10.5. The average molecular weight is 403 g/mol. The molecule has 0 bridgehead atoms. The number of benzene rings is 2. The highest BCUT2D eigenvalue weighted by Crippen LogP contribution is 2.35. The SMILES string of the molecule is CCC1=NS(=O)(=O)c2cc(NC(=O)c3cccc(F)c3)ccc2N1CC(C)C. The Bertz CT molecular complexity index is 1050. The smallest absolute Gasteiger partial charge is 0.286 e. The molecule has 1 aliphatic heterocycles. The van der Waals surface area contributed by atoms with Gasteiger partial charge < -0.3 is 10.2 Å². The van der Waals surface area contributed by atoms with Gasteiger partial charge in [-0.05, 0) is 42.3 Å². The molecule has 3 rings (SSSR count). The van der Waals surface area contributed by atoms with E-state index in [9.17, 15) is 17.6 Å². The third kappa shape index (κ3) is 4.06. The van der Waals surface area contributed by atoms with Crippen molar-refractivity contribution in [2.24, 2.45) is 10.3 Å². The number of halogens is 1. The number of nitrogens with one attached hydrogen (secondary N) is 1. The van der Waals surface area contributed by atoms with Gasteiger partial charge in [-0.3, -0.25) is 4.79 Å². The first kappa shape index (κ1) is 20.0. The van der Waals surface area contributed by atoms with E-state index in [-0.39, 0.29) is 10.5 Å². The zero-order chi connectivity index (χ0) is 20.5. The number of hydrogen-bond donors (Lipinski definition) is 1. The van der Waals surface area contributed by atoms with Gasteiger partial charge in [-0.25, -0.2) is 4.39 Å². The lowest BCUT2D eigenvalue weighted by molar-refractivity contribution is 0.102. The number of hydrogen-bond acceptors (Lipinski definition) is 4. The van der Waals surface area contributed by atoms with Crippen molar-refractivity contribution >= 4 is 33.1 Å². The Hall–Kier alpha value is -2.74. The van der Waals surface area contributed by atoms with Crippen molar-refractivity contribution < 1.29 is 17.6 Å². The Morgan fingerprint density at radius 1 is 1.21 bits per heavy atom. The number of sulfonamides is 1. The molecule has 0 spiro atoms. The van der Waals surface area contributed by atoms with Crippen LogP contribution in [-0.2, 0) is 10.0 Å². The van der Waals surface area contributed by atoms with E-state index in [2.05, 4.69) is 9.71 Å². The summed E-state index contributed by atoms with van der Waals surface area (Å²) in [4.78, 5) is 14.3. The highest BCUT2D eigenvalue weighted by Gasteiger charge is 2.30. The van der Waals surface area contributed by atoms with E-state index in [4.69, 9.17) is 0 Å². The lowest BCUT2D eigenvalue weighted by atomic mass is 10.1. The molecular formula is C20H22FN3O3S. The summed E-state index contributed by atoms with van der Waals surface area (Å²) in [6.07, 6.45) is 0.490. The van der Waals surface area contributed by atoms with Crippen LogP contribution in [0.1, 0.15) is 37.6 Å². The molecule has 0 radical (unpaired) electrons. The molecule has 0 aliphatic carbocycles. The molecule has 0 fully saturated rings. The third-order valence-electron chi connectivity index (χ3n) is 4.27. The zero-order valence-electron chi connectivity index (χ0n) is 15.9. The second-order valence-electron chi connectivity index (χ2n) is 6.99. The maximum atomic E-state index is 13.3. The van der Waals surface area contributed by atoms with Crippen LogP contribution in [0.3, 0.4) is 0 Å². The highest BCUT2D eigenvalue weighted by atomic mass is 32.2. The summed E-state index contributed by atoms with van der Waals surface area (Å²) in [6, 6.07) is 9.98. The van der Waals surface area contributed by atoms with Gasteiger partial charge in [0.25, 0.3) is 15.9 Å². The van der Waals surface area contributed by atoms with Gasteiger partial charge in [0.1, 0.15) is 16.5 Å². The number of fused-ring (bicyclic) bond motifs is 1. The summed E-state index contributed by atoms with van der Waals surface area (Å²) in [6.45, 7) is 6.58. The van der Waals surface area contributed by atoms with Crippen LogP contribution in [0.2, 0.25) is 0 Å². The molecule has 6 nitrogen and oxygen atoms in total. The molecule has 0 saturated heterocycles. The number of carbonyl (C=O) groups excluding carboxylic acids is 1. The zero-order valence-corrected chi connectivity index (χ0v) is 16.8. The molecule has 1 amide bonds. The van der Waals surface area contributed by atoms with Gasteiger partial charge >= 0.3 is 0 Å². The number of nitrogens with zero attached hydrogens (tertiary/aromatic N) is 2. The van der Waals surface area contributed by atoms with Gasteiger partial charge in [0.15, 0.2) is 0 Å². The minimum atomic E-state index is -3.87. The molecule has 1 heterocycles. The maximum absolute atomic E-state index is 13.3. The standard InChI is InChI=1S/C20H22FN3O3S/c1-4-19-23-28(26,27)18-11-16(8-9-17(18)24(19)12-13(2)3)22-20(25)14-6-5-7-15(21)10-14/h5-11,13H,4,12H2,1-3H3,(H,22,25). The van der Waals surface area contributed by atoms with Crippen molar-refractivity contribution in [2.45, 2.75) is 32.1 Å². The number of amidine groups is 1. The van der Waals surface area contributed by atoms with Crippen molar-refractivity contribution in [1.82, 2.24) is 0 Å². The van der Waals surface area contributed by atoms with E-state index in [1.54, 1.807) is 12.1 Å². The van der Waals surface area contributed by atoms with Crippen molar-refractivity contribution in [1.29, 1.82) is 0 Å². The van der Waals surface area contributed by atoms with E-state index in [0.717, 1.165) is 6.07 Å².